The third-order valence-electron chi connectivity index (χ3n) is 3.52. The van der Waals surface area contributed by atoms with Crippen LogP contribution in [0.4, 0.5) is 5.69 Å². The second kappa shape index (κ2) is 3.24. The maximum absolute atomic E-state index is 11.8. The Morgan fingerprint density at radius 3 is 2.93 bits per heavy atom. The number of hydrogen-bond donors (Lipinski definition) is 1. The third kappa shape index (κ3) is 1.36. The molecular weight excluding hydrogens is 210 g/mol. The number of halogens is 1. The Balaban J connectivity index is 2.12. The van der Waals surface area contributed by atoms with Crippen LogP contribution in [-0.2, 0) is 4.79 Å². The van der Waals surface area contributed by atoms with E-state index in [4.69, 9.17) is 11.6 Å². The van der Waals surface area contributed by atoms with Gasteiger partial charge in [0.25, 0.3) is 0 Å². The van der Waals surface area contributed by atoms with Crippen molar-refractivity contribution in [3.8, 4) is 0 Å². The highest BCUT2D eigenvalue weighted by atomic mass is 35.5. The molecular formula is C12H12ClNO. The van der Waals surface area contributed by atoms with Crippen LogP contribution in [0.25, 0.3) is 0 Å². The molecule has 1 amide bonds. The lowest BCUT2D eigenvalue weighted by Gasteiger charge is -2.28. The van der Waals surface area contributed by atoms with Crippen LogP contribution in [0.2, 0.25) is 5.02 Å². The Bertz CT molecular complexity index is 430. The molecule has 3 rings (SSSR count). The zero-order valence-electron chi connectivity index (χ0n) is 8.29. The van der Waals surface area contributed by atoms with Crippen molar-refractivity contribution >= 4 is 23.2 Å². The van der Waals surface area contributed by atoms with E-state index in [1.54, 1.807) is 0 Å². The fourth-order valence-corrected chi connectivity index (χ4v) is 3.01. The summed E-state index contributed by atoms with van der Waals surface area (Å²) in [6.07, 6.45) is 3.28. The van der Waals surface area contributed by atoms with E-state index in [9.17, 15) is 4.79 Å². The third-order valence-corrected chi connectivity index (χ3v) is 3.76. The zero-order valence-corrected chi connectivity index (χ0v) is 9.05. The van der Waals surface area contributed by atoms with E-state index >= 15 is 0 Å². The lowest BCUT2D eigenvalue weighted by molar-refractivity contribution is -0.120. The van der Waals surface area contributed by atoms with Gasteiger partial charge in [0.1, 0.15) is 0 Å². The number of amides is 1. The Morgan fingerprint density at radius 1 is 1.27 bits per heavy atom. The molecule has 1 fully saturated rings. The van der Waals surface area contributed by atoms with Gasteiger partial charge in [-0.2, -0.15) is 0 Å². The molecule has 1 aliphatic heterocycles. The predicted molar refractivity (Wildman–Crippen MR) is 60.2 cm³/mol. The quantitative estimate of drug-likeness (QED) is 0.716. The highest BCUT2D eigenvalue weighted by Gasteiger charge is 2.38. The summed E-state index contributed by atoms with van der Waals surface area (Å²) in [7, 11) is 0. The molecule has 1 aromatic rings. The van der Waals surface area contributed by atoms with Crippen LogP contribution in [-0.4, -0.2) is 5.91 Å². The highest BCUT2D eigenvalue weighted by Crippen LogP contribution is 2.46. The molecule has 1 aliphatic carbocycles. The van der Waals surface area contributed by atoms with Gasteiger partial charge in [0.2, 0.25) is 5.91 Å². The first kappa shape index (κ1) is 9.22. The van der Waals surface area contributed by atoms with Crippen molar-refractivity contribution in [2.75, 3.05) is 5.32 Å². The van der Waals surface area contributed by atoms with Crippen molar-refractivity contribution in [3.05, 3.63) is 28.8 Å². The van der Waals surface area contributed by atoms with Gasteiger partial charge in [0, 0.05) is 16.6 Å². The lowest BCUT2D eigenvalue weighted by atomic mass is 9.84. The summed E-state index contributed by atoms with van der Waals surface area (Å²) in [6, 6.07) is 5.74. The van der Waals surface area contributed by atoms with E-state index in [0.29, 0.717) is 5.92 Å². The lowest BCUT2D eigenvalue weighted by Crippen LogP contribution is -2.30. The molecule has 0 saturated heterocycles. The van der Waals surface area contributed by atoms with Gasteiger partial charge in [-0.3, -0.25) is 4.79 Å². The van der Waals surface area contributed by atoms with E-state index < -0.39 is 0 Å². The topological polar surface area (TPSA) is 29.1 Å². The van der Waals surface area contributed by atoms with Crippen LogP contribution in [0.3, 0.4) is 0 Å². The summed E-state index contributed by atoms with van der Waals surface area (Å²) in [6.45, 7) is 0. The van der Waals surface area contributed by atoms with Crippen LogP contribution in [0.5, 0.6) is 0 Å². The van der Waals surface area contributed by atoms with E-state index in [0.717, 1.165) is 30.0 Å². The Hall–Kier alpha value is -1.02. The first-order valence-corrected chi connectivity index (χ1v) is 5.74. The molecule has 2 nitrogen and oxygen atoms in total. The molecule has 15 heavy (non-hydrogen) atoms. The van der Waals surface area contributed by atoms with Crippen molar-refractivity contribution in [1.82, 2.24) is 0 Å². The molecule has 2 unspecified atom stereocenters. The van der Waals surface area contributed by atoms with Gasteiger partial charge in [0.15, 0.2) is 0 Å². The second-order valence-electron chi connectivity index (χ2n) is 4.36. The molecule has 1 aromatic carbocycles. The minimum atomic E-state index is 0.177. The van der Waals surface area contributed by atoms with E-state index in [1.807, 2.05) is 18.2 Å². The summed E-state index contributed by atoms with van der Waals surface area (Å²) in [5, 5.41) is 3.72. The Labute approximate surface area is 93.6 Å². The molecule has 1 saturated carbocycles. The van der Waals surface area contributed by atoms with E-state index in [2.05, 4.69) is 5.32 Å². The number of anilines is 1. The fraction of sp³-hybridized carbons (Fsp3) is 0.417. The first-order valence-electron chi connectivity index (χ1n) is 5.36. The molecule has 3 heteroatoms. The number of fused-ring (bicyclic) bond motifs is 3. The van der Waals surface area contributed by atoms with Gasteiger partial charge >= 0.3 is 0 Å². The van der Waals surface area contributed by atoms with Crippen LogP contribution in [0.15, 0.2) is 18.2 Å². The molecule has 0 radical (unpaired) electrons. The molecule has 0 aromatic heterocycles. The standard InChI is InChI=1S/C12H12ClNO/c13-7-4-5-11-10(6-7)8-2-1-3-9(8)12(15)14-11/h4-6,8-9H,1-3H2,(H,14,15). The largest absolute Gasteiger partial charge is 0.326 e. The van der Waals surface area contributed by atoms with Crippen molar-refractivity contribution in [2.24, 2.45) is 5.92 Å². The van der Waals surface area contributed by atoms with Crippen LogP contribution in [0, 0.1) is 5.92 Å². The molecule has 0 bridgehead atoms. The second-order valence-corrected chi connectivity index (χ2v) is 4.80. The Kier molecular flexibility index (Phi) is 1.99. The number of carbonyl (C=O) groups is 1. The van der Waals surface area contributed by atoms with Gasteiger partial charge in [-0.25, -0.2) is 0 Å². The van der Waals surface area contributed by atoms with Crippen molar-refractivity contribution in [1.29, 1.82) is 0 Å². The van der Waals surface area contributed by atoms with Crippen LogP contribution < -0.4 is 5.32 Å². The number of hydrogen-bond acceptors (Lipinski definition) is 1. The monoisotopic (exact) mass is 221 g/mol. The first-order chi connectivity index (χ1) is 7.25. The average molecular weight is 222 g/mol. The summed E-state index contributed by atoms with van der Waals surface area (Å²) in [5.74, 6) is 0.760. The normalized spacial score (nSPS) is 28.2. The summed E-state index contributed by atoms with van der Waals surface area (Å²) in [5.41, 5.74) is 2.18. The molecule has 78 valence electrons. The van der Waals surface area contributed by atoms with E-state index in [1.165, 1.54) is 5.56 Å². The highest BCUT2D eigenvalue weighted by molar-refractivity contribution is 6.30. The molecule has 1 heterocycles. The number of benzene rings is 1. The van der Waals surface area contributed by atoms with Gasteiger partial charge in [-0.1, -0.05) is 18.0 Å². The van der Waals surface area contributed by atoms with Gasteiger partial charge in [-0.05, 0) is 42.5 Å². The van der Waals surface area contributed by atoms with Gasteiger partial charge in [-0.15, -0.1) is 0 Å². The van der Waals surface area contributed by atoms with Crippen molar-refractivity contribution < 1.29 is 4.79 Å². The summed E-state index contributed by atoms with van der Waals surface area (Å²) >= 11 is 5.99. The predicted octanol–water partition coefficient (Wildman–Crippen LogP) is 3.18. The van der Waals surface area contributed by atoms with Gasteiger partial charge < -0.3 is 5.32 Å². The zero-order chi connectivity index (χ0) is 10.4. The van der Waals surface area contributed by atoms with E-state index in [-0.39, 0.29) is 11.8 Å². The maximum atomic E-state index is 11.8. The average Bonchev–Trinajstić information content (AvgIpc) is 2.69. The number of nitrogens with one attached hydrogen (secondary N) is 1. The fourth-order valence-electron chi connectivity index (χ4n) is 2.83. The number of rotatable bonds is 0. The van der Waals surface area contributed by atoms with Crippen LogP contribution >= 0.6 is 11.6 Å². The maximum Gasteiger partial charge on any atom is 0.228 e. The molecule has 2 aliphatic rings. The minimum absolute atomic E-state index is 0.177. The summed E-state index contributed by atoms with van der Waals surface area (Å²) in [4.78, 5) is 11.8. The minimum Gasteiger partial charge on any atom is -0.326 e. The molecule has 1 N–H and O–H groups in total. The Morgan fingerprint density at radius 2 is 2.07 bits per heavy atom. The van der Waals surface area contributed by atoms with Crippen molar-refractivity contribution in [2.45, 2.75) is 25.2 Å². The van der Waals surface area contributed by atoms with Crippen LogP contribution in [0.1, 0.15) is 30.7 Å². The molecule has 2 atom stereocenters. The van der Waals surface area contributed by atoms with Gasteiger partial charge in [0.05, 0.1) is 0 Å². The smallest absolute Gasteiger partial charge is 0.228 e. The molecule has 0 spiro atoms. The number of carbonyl (C=O) groups excluding carboxylic acids is 1. The van der Waals surface area contributed by atoms with Crippen molar-refractivity contribution in [3.63, 3.8) is 0 Å². The summed E-state index contributed by atoms with van der Waals surface area (Å²) < 4.78 is 0. The SMILES string of the molecule is O=C1Nc2ccc(Cl)cc2C2CCCC12.